The van der Waals surface area contributed by atoms with Crippen molar-refractivity contribution in [2.45, 2.75) is 41.8 Å². The third-order valence-electron chi connectivity index (χ3n) is 1.34. The van der Waals surface area contributed by atoms with E-state index < -0.39 is 3.79 Å². The summed E-state index contributed by atoms with van der Waals surface area (Å²) in [7, 11) is 0. The molecule has 0 aliphatic rings. The van der Waals surface area contributed by atoms with Crippen LogP contribution in [-0.2, 0) is 0 Å². The maximum Gasteiger partial charge on any atom is 0.190 e. The van der Waals surface area contributed by atoms with Crippen molar-refractivity contribution in [3.63, 3.8) is 0 Å². The maximum atomic E-state index is 5.91. The highest BCUT2D eigenvalue weighted by Gasteiger charge is 2.20. The summed E-state index contributed by atoms with van der Waals surface area (Å²) in [5.74, 6) is 0. The summed E-state index contributed by atoms with van der Waals surface area (Å²) in [6, 6.07) is 0. The van der Waals surface area contributed by atoms with Gasteiger partial charge in [-0.15, -0.1) is 11.6 Å². The summed E-state index contributed by atoms with van der Waals surface area (Å²) in [5.41, 5.74) is 0. The molecule has 1 unspecified atom stereocenters. The van der Waals surface area contributed by atoms with E-state index in [-0.39, 0.29) is 5.38 Å². The van der Waals surface area contributed by atoms with Gasteiger partial charge in [0.1, 0.15) is 0 Å². The predicted octanol–water partition coefficient (Wildman–Crippen LogP) is 4.54. The highest BCUT2D eigenvalue weighted by atomic mass is 35.6. The molecule has 0 N–H and O–H groups in total. The van der Waals surface area contributed by atoms with E-state index in [0.717, 1.165) is 19.3 Å². The van der Waals surface area contributed by atoms with Crippen molar-refractivity contribution in [1.82, 2.24) is 0 Å². The van der Waals surface area contributed by atoms with E-state index in [1.54, 1.807) is 0 Å². The topological polar surface area (TPSA) is 0 Å². The fraction of sp³-hybridized carbons (Fsp3) is 1.00. The number of rotatable bonds is 4. The van der Waals surface area contributed by atoms with Gasteiger partial charge in [-0.3, -0.25) is 0 Å². The first-order valence-electron chi connectivity index (χ1n) is 3.66. The highest BCUT2D eigenvalue weighted by Crippen LogP contribution is 2.33. The Labute approximate surface area is 88.1 Å². The van der Waals surface area contributed by atoms with Crippen molar-refractivity contribution in [3.05, 3.63) is 0 Å². The van der Waals surface area contributed by atoms with E-state index in [1.165, 1.54) is 0 Å². The van der Waals surface area contributed by atoms with Crippen molar-refractivity contribution < 1.29 is 0 Å². The normalized spacial score (nSPS) is 15.0. The molecule has 0 rings (SSSR count). The predicted molar refractivity (Wildman–Crippen MR) is 54.1 cm³/mol. The fourth-order valence-corrected chi connectivity index (χ4v) is 1.43. The zero-order valence-corrected chi connectivity index (χ0v) is 9.44. The van der Waals surface area contributed by atoms with Crippen LogP contribution in [0.2, 0.25) is 0 Å². The van der Waals surface area contributed by atoms with Gasteiger partial charge in [0.2, 0.25) is 0 Å². The molecule has 0 aromatic heterocycles. The van der Waals surface area contributed by atoms with Gasteiger partial charge in [0.15, 0.2) is 3.79 Å². The molecule has 0 saturated carbocycles. The first-order valence-corrected chi connectivity index (χ1v) is 5.23. The average molecular weight is 238 g/mol. The average Bonchev–Trinajstić information content (AvgIpc) is 1.83. The molecule has 0 aromatic carbocycles. The van der Waals surface area contributed by atoms with Gasteiger partial charge < -0.3 is 0 Å². The molecule has 0 radical (unpaired) electrons. The molecule has 0 bridgehead atoms. The zero-order valence-electron chi connectivity index (χ0n) is 6.42. The van der Waals surface area contributed by atoms with E-state index in [9.17, 15) is 0 Å². The Hall–Kier alpha value is 1.16. The quantitative estimate of drug-likeness (QED) is 0.630. The Bertz CT molecular complexity index is 97.1. The fourth-order valence-electron chi connectivity index (χ4n) is 0.778. The van der Waals surface area contributed by atoms with Gasteiger partial charge in [-0.05, 0) is 19.3 Å². The van der Waals surface area contributed by atoms with Crippen molar-refractivity contribution in [3.8, 4) is 0 Å². The van der Waals surface area contributed by atoms with Crippen molar-refractivity contribution in [2.24, 2.45) is 0 Å². The van der Waals surface area contributed by atoms with Crippen LogP contribution in [0.5, 0.6) is 0 Å². The van der Waals surface area contributed by atoms with E-state index in [2.05, 4.69) is 6.92 Å². The molecule has 0 fully saturated rings. The smallest absolute Gasteiger partial charge is 0.123 e. The summed E-state index contributed by atoms with van der Waals surface area (Å²) in [6.45, 7) is 2.09. The van der Waals surface area contributed by atoms with Gasteiger partial charge in [-0.2, -0.15) is 0 Å². The van der Waals surface area contributed by atoms with Crippen LogP contribution in [0.15, 0.2) is 0 Å². The molecular weight excluding hydrogens is 226 g/mol. The second-order valence-corrected chi connectivity index (χ2v) is 5.67. The molecule has 0 aliphatic heterocycles. The van der Waals surface area contributed by atoms with Crippen molar-refractivity contribution in [1.29, 1.82) is 0 Å². The number of halogens is 4. The van der Waals surface area contributed by atoms with E-state index in [0.29, 0.717) is 6.42 Å². The molecule has 68 valence electrons. The molecular formula is C7H12Cl4. The highest BCUT2D eigenvalue weighted by molar-refractivity contribution is 6.67. The molecule has 0 heterocycles. The van der Waals surface area contributed by atoms with Crippen molar-refractivity contribution in [2.75, 3.05) is 0 Å². The van der Waals surface area contributed by atoms with Crippen molar-refractivity contribution >= 4 is 46.4 Å². The van der Waals surface area contributed by atoms with E-state index in [4.69, 9.17) is 46.4 Å². The number of hydrogen-bond acceptors (Lipinski definition) is 0. The van der Waals surface area contributed by atoms with Crippen LogP contribution < -0.4 is 0 Å². The van der Waals surface area contributed by atoms with Gasteiger partial charge in [0.25, 0.3) is 0 Å². The first-order chi connectivity index (χ1) is 4.95. The van der Waals surface area contributed by atoms with Gasteiger partial charge >= 0.3 is 0 Å². The Balaban J connectivity index is 3.38. The molecule has 0 aromatic rings. The Morgan fingerprint density at radius 3 is 2.09 bits per heavy atom. The summed E-state index contributed by atoms with van der Waals surface area (Å²) in [6.07, 6.45) is 3.37. The lowest BCUT2D eigenvalue weighted by Crippen LogP contribution is -2.07. The minimum Gasteiger partial charge on any atom is -0.123 e. The molecule has 0 nitrogen and oxygen atoms in total. The summed E-state index contributed by atoms with van der Waals surface area (Å²) in [4.78, 5) is 0. The SMILES string of the molecule is CCCC(Cl)CCC(Cl)(Cl)Cl. The molecule has 4 heteroatoms. The number of alkyl halides is 4. The molecule has 0 spiro atoms. The minimum atomic E-state index is -1.14. The third kappa shape index (κ3) is 9.07. The van der Waals surface area contributed by atoms with Crippen LogP contribution in [0.4, 0.5) is 0 Å². The summed E-state index contributed by atoms with van der Waals surface area (Å²) >= 11 is 22.6. The Kier molecular flexibility index (Phi) is 6.35. The van der Waals surface area contributed by atoms with Crippen LogP contribution in [0, 0.1) is 0 Å². The zero-order chi connectivity index (χ0) is 8.91. The van der Waals surface area contributed by atoms with E-state index >= 15 is 0 Å². The van der Waals surface area contributed by atoms with Gasteiger partial charge in [0, 0.05) is 5.38 Å². The molecule has 1 atom stereocenters. The Morgan fingerprint density at radius 1 is 1.18 bits per heavy atom. The molecule has 0 amide bonds. The summed E-state index contributed by atoms with van der Waals surface area (Å²) < 4.78 is -1.14. The molecule has 0 aliphatic carbocycles. The van der Waals surface area contributed by atoms with Gasteiger partial charge in [-0.25, -0.2) is 0 Å². The van der Waals surface area contributed by atoms with Crippen LogP contribution in [-0.4, -0.2) is 9.17 Å². The van der Waals surface area contributed by atoms with E-state index in [1.807, 2.05) is 0 Å². The Morgan fingerprint density at radius 2 is 1.73 bits per heavy atom. The standard InChI is InChI=1S/C7H12Cl4/c1-2-3-6(8)4-5-7(9,10)11/h6H,2-5H2,1H3. The maximum absolute atomic E-state index is 5.91. The number of hydrogen-bond donors (Lipinski definition) is 0. The van der Waals surface area contributed by atoms with Crippen LogP contribution in [0.3, 0.4) is 0 Å². The lowest BCUT2D eigenvalue weighted by Gasteiger charge is -2.12. The third-order valence-corrected chi connectivity index (χ3v) is 2.35. The van der Waals surface area contributed by atoms with Crippen LogP contribution >= 0.6 is 46.4 Å². The molecule has 11 heavy (non-hydrogen) atoms. The lowest BCUT2D eigenvalue weighted by molar-refractivity contribution is 0.647. The van der Waals surface area contributed by atoms with Crippen LogP contribution in [0.25, 0.3) is 0 Å². The molecule has 0 saturated heterocycles. The van der Waals surface area contributed by atoms with Crippen LogP contribution in [0.1, 0.15) is 32.6 Å². The second kappa shape index (κ2) is 5.75. The minimum absolute atomic E-state index is 0.149. The summed E-state index contributed by atoms with van der Waals surface area (Å²) in [5, 5.41) is 0.149. The monoisotopic (exact) mass is 236 g/mol. The second-order valence-electron chi connectivity index (χ2n) is 2.54. The lowest BCUT2D eigenvalue weighted by atomic mass is 10.1. The van der Waals surface area contributed by atoms with Gasteiger partial charge in [-0.1, -0.05) is 48.1 Å². The van der Waals surface area contributed by atoms with Gasteiger partial charge in [0.05, 0.1) is 0 Å². The largest absolute Gasteiger partial charge is 0.190 e. The first kappa shape index (κ1) is 12.2.